The Hall–Kier alpha value is -10.1. The van der Waals surface area contributed by atoms with E-state index < -0.39 is 118 Å². The van der Waals surface area contributed by atoms with Gasteiger partial charge in [0.2, 0.25) is 34.4 Å². The van der Waals surface area contributed by atoms with Gasteiger partial charge < -0.3 is 41.0 Å². The summed E-state index contributed by atoms with van der Waals surface area (Å²) >= 11 is 12.4. The highest BCUT2D eigenvalue weighted by atomic mass is 35.5. The number of anilines is 8. The van der Waals surface area contributed by atoms with Crippen molar-refractivity contribution in [2.75, 3.05) is 59.2 Å². The van der Waals surface area contributed by atoms with E-state index in [-0.39, 0.29) is 125 Å². The van der Waals surface area contributed by atoms with Crippen LogP contribution in [0.2, 0.25) is 10.6 Å². The molecule has 0 bridgehead atoms. The third-order valence-electron chi connectivity index (χ3n) is 14.2. The van der Waals surface area contributed by atoms with E-state index in [1.54, 1.807) is 24.3 Å². The van der Waals surface area contributed by atoms with Gasteiger partial charge in [-0.25, -0.2) is 25.2 Å². The highest BCUT2D eigenvalue weighted by molar-refractivity contribution is 7.91. The van der Waals surface area contributed by atoms with Crippen molar-refractivity contribution in [1.29, 1.82) is 0 Å². The molecule has 0 fully saturated rings. The van der Waals surface area contributed by atoms with Gasteiger partial charge in [0.25, 0.3) is 20.2 Å². The number of hydrogen-bond donors (Lipinski definition) is 10. The fourth-order valence-electron chi connectivity index (χ4n) is 9.53. The van der Waals surface area contributed by atoms with E-state index in [1.165, 1.54) is 97.1 Å². The van der Waals surface area contributed by atoms with Gasteiger partial charge in [0.05, 0.1) is 47.7 Å². The lowest BCUT2D eigenvalue weighted by atomic mass is 10.0. The van der Waals surface area contributed by atoms with Crippen molar-refractivity contribution < 1.29 is 96.8 Å². The number of phenolic OH excluding ortho intramolecular Hbond substituents is 2. The molecule has 0 saturated heterocycles. The molecule has 104 heavy (non-hydrogen) atoms. The molecule has 0 radical (unpaired) electrons. The lowest BCUT2D eigenvalue weighted by molar-refractivity contribution is 0.282. The van der Waals surface area contributed by atoms with Crippen LogP contribution in [-0.2, 0) is 69.1 Å². The molecule has 8 aromatic carbocycles. The summed E-state index contributed by atoms with van der Waals surface area (Å²) in [6, 6.07) is 30.2. The molecule has 0 aliphatic rings. The number of nitrogens with zero attached hydrogens (tertiary/aromatic N) is 10. The SMILES string of the molecule is CCCOc1cc(-c2ccc(N=Nc3c(S(=O)(=O)O)cc4cc(Nc5nc(Cl)nc(Nc6ccc(S(=O)(=O)CCOS(=O)(=O)O)cc6)n5)ccc4c3O)c(OCCC)c2)ccc1N=Nc1c(S(=O)(=O)O)cc2cc(Nc3nc(Cl)nc(Nc4ccc(S(=O)(=O)CCOS(=O)(=O)O)cc4)n3)ccc2c1O. The zero-order valence-corrected chi connectivity index (χ0v) is 59.7. The number of aromatic hydroxyl groups is 2. The molecular formula is C60H54Cl2N14O22S6. The molecule has 0 atom stereocenters. The van der Waals surface area contributed by atoms with Gasteiger partial charge >= 0.3 is 20.8 Å². The summed E-state index contributed by atoms with van der Waals surface area (Å²) in [6.45, 7) is 2.36. The summed E-state index contributed by atoms with van der Waals surface area (Å²) < 4.78 is 205. The second-order valence-corrected chi connectivity index (χ2v) is 31.5. The predicted octanol–water partition coefficient (Wildman–Crippen LogP) is 11.8. The molecule has 36 nitrogen and oxygen atoms in total. The summed E-state index contributed by atoms with van der Waals surface area (Å²) in [5.41, 5.74) is 0.849. The van der Waals surface area contributed by atoms with Gasteiger partial charge in [0, 0.05) is 33.5 Å². The number of sulfone groups is 2. The second-order valence-electron chi connectivity index (χ2n) is 21.6. The fourth-order valence-corrected chi connectivity index (χ4v) is 14.1. The molecule has 0 amide bonds. The predicted molar refractivity (Wildman–Crippen MR) is 377 cm³/mol. The number of rotatable bonds is 31. The zero-order valence-electron chi connectivity index (χ0n) is 53.3. The maximum absolute atomic E-state index is 13.0. The highest BCUT2D eigenvalue weighted by Gasteiger charge is 2.26. The number of aromatic nitrogens is 6. The fraction of sp³-hybridized carbons (Fsp3) is 0.167. The zero-order chi connectivity index (χ0) is 75.1. The van der Waals surface area contributed by atoms with Crippen LogP contribution < -0.4 is 30.7 Å². The van der Waals surface area contributed by atoms with E-state index in [0.29, 0.717) is 24.0 Å². The third kappa shape index (κ3) is 19.8. The van der Waals surface area contributed by atoms with Gasteiger partial charge in [-0.15, -0.1) is 20.5 Å². The van der Waals surface area contributed by atoms with Gasteiger partial charge in [-0.05, 0) is 179 Å². The second kappa shape index (κ2) is 31.5. The molecule has 0 unspecified atom stereocenters. The van der Waals surface area contributed by atoms with Crippen molar-refractivity contribution in [3.8, 4) is 34.1 Å². The number of benzene rings is 8. The summed E-state index contributed by atoms with van der Waals surface area (Å²) in [6.07, 6.45) is 1.05. The maximum atomic E-state index is 13.0. The van der Waals surface area contributed by atoms with Crippen molar-refractivity contribution in [3.05, 3.63) is 144 Å². The van der Waals surface area contributed by atoms with Crippen molar-refractivity contribution in [2.24, 2.45) is 20.5 Å². The number of hydrogen-bond acceptors (Lipinski definition) is 32. The molecule has 2 aromatic heterocycles. The Bertz CT molecular complexity index is 5430. The minimum Gasteiger partial charge on any atom is -0.505 e. The quantitative estimate of drug-likeness (QED) is 0.0142. The molecule has 10 aromatic rings. The van der Waals surface area contributed by atoms with Crippen molar-refractivity contribution in [3.63, 3.8) is 0 Å². The summed E-state index contributed by atoms with van der Waals surface area (Å²) in [5, 5.41) is 51.1. The average Bonchev–Trinajstić information content (AvgIpc) is 0.770. The van der Waals surface area contributed by atoms with Crippen LogP contribution in [0.15, 0.2) is 173 Å². The first-order chi connectivity index (χ1) is 49.0. The molecule has 0 spiro atoms. The van der Waals surface area contributed by atoms with Gasteiger partial charge in [-0.3, -0.25) is 18.2 Å². The number of azo groups is 2. The van der Waals surface area contributed by atoms with E-state index >= 15 is 0 Å². The standard InChI is InChI=1S/C60H54Cl2N14O22S6/c1-3-21-95-47-29-33(5-19-45(47)73-75-51-49(101(83,84)85)31-35-27-39(11-17-43(35)53(51)77)65-59-69-55(61)67-57(71-59)63-37-7-13-41(14-8-37)99(79,80)25-23-97-103(89,90)91)34-6-20-46(48(30-34)96-22-4-2)74-76-52-50(102(86,87)88)32-36-28-40(12-18-44(36)54(52)78)66-60-70-56(62)68-58(72-60)64-38-9-15-42(16-10-38)100(81,82)26-24-98-104(92,93)94/h5-20,27-32,77-78H,3-4,21-26H2,1-2H3,(H,83,84,85)(H,86,87,88)(H,89,90,91)(H,92,93,94)(H2,63,65,67,69,71)(H2,64,66,68,70,72). The monoisotopic (exact) mass is 1580 g/mol. The number of phenols is 2. The van der Waals surface area contributed by atoms with Crippen molar-refractivity contribution in [2.45, 2.75) is 46.3 Å². The minimum atomic E-state index is -5.14. The number of halogens is 2. The molecule has 44 heteroatoms. The van der Waals surface area contributed by atoms with Crippen LogP contribution in [0.4, 0.5) is 69.3 Å². The highest BCUT2D eigenvalue weighted by Crippen LogP contribution is 2.46. The lowest BCUT2D eigenvalue weighted by Gasteiger charge is -2.13. The Morgan fingerprint density at radius 1 is 0.404 bits per heavy atom. The Morgan fingerprint density at radius 3 is 1.07 bits per heavy atom. The summed E-state index contributed by atoms with van der Waals surface area (Å²) in [5.74, 6) is -3.14. The number of ether oxygens (including phenoxy) is 2. The Morgan fingerprint density at radius 2 is 0.740 bits per heavy atom. The van der Waals surface area contributed by atoms with Gasteiger partial charge in [0.15, 0.2) is 31.2 Å². The number of nitrogens with one attached hydrogen (secondary N) is 4. The minimum absolute atomic E-state index is 0.0519. The van der Waals surface area contributed by atoms with E-state index in [0.717, 1.165) is 12.1 Å². The first-order valence-corrected chi connectivity index (χ1v) is 39.4. The van der Waals surface area contributed by atoms with E-state index in [9.17, 15) is 69.8 Å². The van der Waals surface area contributed by atoms with Gasteiger partial charge in [-0.2, -0.15) is 63.6 Å². The average molecular weight is 1590 g/mol. The molecule has 0 aliphatic heterocycles. The molecule has 10 rings (SSSR count). The van der Waals surface area contributed by atoms with E-state index in [1.807, 2.05) is 13.8 Å². The van der Waals surface area contributed by atoms with Crippen LogP contribution in [0.25, 0.3) is 32.7 Å². The van der Waals surface area contributed by atoms with Crippen LogP contribution in [-0.4, -0.2) is 147 Å². The smallest absolute Gasteiger partial charge is 0.397 e. The molecule has 546 valence electrons. The molecular weight excluding hydrogens is 1530 g/mol. The van der Waals surface area contributed by atoms with Crippen LogP contribution in [0.5, 0.6) is 23.0 Å². The third-order valence-corrected chi connectivity index (χ3v) is 20.6. The van der Waals surface area contributed by atoms with Crippen LogP contribution in [0, 0.1) is 0 Å². The molecule has 0 aliphatic carbocycles. The lowest BCUT2D eigenvalue weighted by Crippen LogP contribution is -2.15. The normalized spacial score (nSPS) is 12.5. The number of fused-ring (bicyclic) bond motifs is 2. The Kier molecular flexibility index (Phi) is 23.2. The Labute approximate surface area is 601 Å². The van der Waals surface area contributed by atoms with E-state index in [4.69, 9.17) is 41.8 Å². The topological polar surface area (TPSA) is 538 Å². The molecule has 2 heterocycles. The van der Waals surface area contributed by atoms with Gasteiger partial charge in [0.1, 0.15) is 44.0 Å². The molecule has 0 saturated carbocycles. The molecule has 10 N–H and O–H groups in total. The van der Waals surface area contributed by atoms with Crippen LogP contribution >= 0.6 is 23.2 Å². The Balaban J connectivity index is 0.863. The first kappa shape index (κ1) is 76.6. The van der Waals surface area contributed by atoms with Crippen molar-refractivity contribution >= 4 is 175 Å². The van der Waals surface area contributed by atoms with Crippen molar-refractivity contribution in [1.82, 2.24) is 29.9 Å². The summed E-state index contributed by atoms with van der Waals surface area (Å²) in [7, 11) is -28.0. The maximum Gasteiger partial charge on any atom is 0.397 e. The van der Waals surface area contributed by atoms with Gasteiger partial charge in [-0.1, -0.05) is 26.0 Å². The summed E-state index contributed by atoms with van der Waals surface area (Å²) in [4.78, 5) is 22.7. The van der Waals surface area contributed by atoms with Crippen LogP contribution in [0.1, 0.15) is 26.7 Å². The largest absolute Gasteiger partial charge is 0.505 e. The first-order valence-electron chi connectivity index (χ1n) is 29.7. The van der Waals surface area contributed by atoms with E-state index in [2.05, 4.69) is 80.0 Å². The van der Waals surface area contributed by atoms with Crippen LogP contribution in [0.3, 0.4) is 0 Å².